The van der Waals surface area contributed by atoms with E-state index in [1.165, 1.54) is 0 Å². The van der Waals surface area contributed by atoms with Crippen molar-refractivity contribution in [3.8, 4) is 12.3 Å². The minimum Gasteiger partial charge on any atom is -0.391 e. The van der Waals surface area contributed by atoms with Gasteiger partial charge in [0.2, 0.25) is 5.91 Å². The van der Waals surface area contributed by atoms with Gasteiger partial charge in [-0.05, 0) is 19.9 Å². The van der Waals surface area contributed by atoms with Gasteiger partial charge >= 0.3 is 0 Å². The van der Waals surface area contributed by atoms with E-state index in [0.717, 1.165) is 25.7 Å². The van der Waals surface area contributed by atoms with Gasteiger partial charge in [0.25, 0.3) is 0 Å². The van der Waals surface area contributed by atoms with Crippen molar-refractivity contribution >= 4 is 5.91 Å². The van der Waals surface area contributed by atoms with Crippen LogP contribution >= 0.6 is 0 Å². The number of rotatable bonds is 4. The summed E-state index contributed by atoms with van der Waals surface area (Å²) in [5, 5.41) is 12.4. The summed E-state index contributed by atoms with van der Waals surface area (Å²) in [5.41, 5.74) is 0. The number of terminal acetylenes is 1. The second-order valence-electron chi connectivity index (χ2n) is 4.32. The first-order chi connectivity index (χ1) is 7.65. The van der Waals surface area contributed by atoms with Gasteiger partial charge in [-0.25, -0.2) is 0 Å². The summed E-state index contributed by atoms with van der Waals surface area (Å²) in [6.07, 6.45) is 8.74. The molecule has 0 spiro atoms. The highest BCUT2D eigenvalue weighted by molar-refractivity contribution is 5.78. The van der Waals surface area contributed by atoms with E-state index in [2.05, 4.69) is 11.2 Å². The summed E-state index contributed by atoms with van der Waals surface area (Å²) >= 11 is 0. The molecule has 0 aliphatic heterocycles. The van der Waals surface area contributed by atoms with Crippen LogP contribution in [-0.4, -0.2) is 48.2 Å². The number of carbonyl (C=O) groups is 1. The quantitative estimate of drug-likeness (QED) is 0.659. The zero-order valence-electron chi connectivity index (χ0n) is 9.78. The number of nitrogens with zero attached hydrogens (tertiary/aromatic N) is 1. The van der Waals surface area contributed by atoms with Crippen LogP contribution in [0.4, 0.5) is 0 Å². The molecule has 1 amide bonds. The number of aliphatic hydroxyl groups is 1. The third-order valence-corrected chi connectivity index (χ3v) is 3.04. The Kier molecular flexibility index (Phi) is 5.30. The molecule has 1 aliphatic rings. The predicted octanol–water partition coefficient (Wildman–Crippen LogP) is -0.0289. The molecule has 4 heteroatoms. The van der Waals surface area contributed by atoms with Gasteiger partial charge in [-0.15, -0.1) is 6.42 Å². The van der Waals surface area contributed by atoms with Crippen LogP contribution in [0, 0.1) is 12.3 Å². The highest BCUT2D eigenvalue weighted by Gasteiger charge is 2.27. The predicted molar refractivity (Wildman–Crippen MR) is 62.7 cm³/mol. The van der Waals surface area contributed by atoms with Crippen LogP contribution in [0.15, 0.2) is 0 Å². The molecule has 0 bridgehead atoms. The highest BCUT2D eigenvalue weighted by Crippen LogP contribution is 2.21. The summed E-state index contributed by atoms with van der Waals surface area (Å²) < 4.78 is 0. The van der Waals surface area contributed by atoms with Crippen molar-refractivity contribution < 1.29 is 9.90 Å². The van der Waals surface area contributed by atoms with Gasteiger partial charge in [-0.3, -0.25) is 9.69 Å². The molecule has 1 saturated carbocycles. The van der Waals surface area contributed by atoms with E-state index in [4.69, 9.17) is 6.42 Å². The molecule has 0 heterocycles. The van der Waals surface area contributed by atoms with Crippen molar-refractivity contribution in [2.45, 2.75) is 37.8 Å². The lowest BCUT2D eigenvalue weighted by molar-refractivity contribution is -0.123. The second-order valence-corrected chi connectivity index (χ2v) is 4.32. The summed E-state index contributed by atoms with van der Waals surface area (Å²) in [6, 6.07) is 0.102. The SMILES string of the molecule is C#CCNC(=O)CN(C)C1CCCCC1O. The van der Waals surface area contributed by atoms with Crippen LogP contribution in [0.5, 0.6) is 0 Å². The van der Waals surface area contributed by atoms with Crippen molar-refractivity contribution in [3.63, 3.8) is 0 Å². The fourth-order valence-corrected chi connectivity index (χ4v) is 2.16. The lowest BCUT2D eigenvalue weighted by Crippen LogP contribution is -2.47. The van der Waals surface area contributed by atoms with Crippen molar-refractivity contribution in [2.24, 2.45) is 0 Å². The average molecular weight is 224 g/mol. The number of aliphatic hydroxyl groups excluding tert-OH is 1. The van der Waals surface area contributed by atoms with Crippen LogP contribution < -0.4 is 5.32 Å². The summed E-state index contributed by atoms with van der Waals surface area (Å²) in [6.45, 7) is 0.559. The summed E-state index contributed by atoms with van der Waals surface area (Å²) in [7, 11) is 1.87. The van der Waals surface area contributed by atoms with E-state index in [9.17, 15) is 9.90 Å². The first-order valence-corrected chi connectivity index (χ1v) is 5.73. The van der Waals surface area contributed by atoms with Gasteiger partial charge in [0.15, 0.2) is 0 Å². The van der Waals surface area contributed by atoms with E-state index >= 15 is 0 Å². The maximum absolute atomic E-state index is 11.4. The van der Waals surface area contributed by atoms with Gasteiger partial charge < -0.3 is 10.4 Å². The lowest BCUT2D eigenvalue weighted by atomic mass is 9.91. The van der Waals surface area contributed by atoms with E-state index in [-0.39, 0.29) is 24.6 Å². The van der Waals surface area contributed by atoms with Crippen LogP contribution in [0.25, 0.3) is 0 Å². The average Bonchev–Trinajstić information content (AvgIpc) is 2.26. The van der Waals surface area contributed by atoms with Crippen molar-refractivity contribution in [1.29, 1.82) is 0 Å². The van der Waals surface area contributed by atoms with E-state index in [1.54, 1.807) is 0 Å². The van der Waals surface area contributed by atoms with Crippen molar-refractivity contribution in [3.05, 3.63) is 0 Å². The molecule has 0 aromatic rings. The molecule has 0 saturated heterocycles. The zero-order chi connectivity index (χ0) is 12.0. The van der Waals surface area contributed by atoms with Crippen LogP contribution in [0.1, 0.15) is 25.7 Å². The molecule has 1 aliphatic carbocycles. The second kappa shape index (κ2) is 6.51. The summed E-state index contributed by atoms with van der Waals surface area (Å²) in [5.74, 6) is 2.28. The molecular formula is C12H20N2O2. The highest BCUT2D eigenvalue weighted by atomic mass is 16.3. The van der Waals surface area contributed by atoms with E-state index < -0.39 is 0 Å². The Morgan fingerprint density at radius 1 is 1.56 bits per heavy atom. The van der Waals surface area contributed by atoms with E-state index in [0.29, 0.717) is 6.54 Å². The Bertz CT molecular complexity index is 273. The number of carbonyl (C=O) groups excluding carboxylic acids is 1. The van der Waals surface area contributed by atoms with Crippen LogP contribution in [0.3, 0.4) is 0 Å². The van der Waals surface area contributed by atoms with Gasteiger partial charge in [0.05, 0.1) is 19.2 Å². The van der Waals surface area contributed by atoms with E-state index in [1.807, 2.05) is 11.9 Å². The molecule has 90 valence electrons. The smallest absolute Gasteiger partial charge is 0.234 e. The zero-order valence-corrected chi connectivity index (χ0v) is 9.78. The van der Waals surface area contributed by atoms with Gasteiger partial charge in [-0.1, -0.05) is 18.8 Å². The van der Waals surface area contributed by atoms with Crippen molar-refractivity contribution in [1.82, 2.24) is 10.2 Å². The number of amides is 1. The maximum Gasteiger partial charge on any atom is 0.234 e. The third-order valence-electron chi connectivity index (χ3n) is 3.04. The Labute approximate surface area is 97.0 Å². The molecule has 2 N–H and O–H groups in total. The molecular weight excluding hydrogens is 204 g/mol. The standard InChI is InChI=1S/C12H20N2O2/c1-3-8-13-12(16)9-14(2)10-6-4-5-7-11(10)15/h1,10-11,15H,4-9H2,2H3,(H,13,16). The van der Waals surface area contributed by atoms with Crippen LogP contribution in [0.2, 0.25) is 0 Å². The molecule has 2 unspecified atom stereocenters. The monoisotopic (exact) mass is 224 g/mol. The lowest BCUT2D eigenvalue weighted by Gasteiger charge is -2.34. The number of hydrogen-bond donors (Lipinski definition) is 2. The molecule has 4 nitrogen and oxygen atoms in total. The first kappa shape index (κ1) is 13.0. The minimum atomic E-state index is -0.306. The van der Waals surface area contributed by atoms with Crippen LogP contribution in [-0.2, 0) is 4.79 Å². The molecule has 1 fully saturated rings. The van der Waals surface area contributed by atoms with Gasteiger partial charge in [0.1, 0.15) is 0 Å². The minimum absolute atomic E-state index is 0.0850. The van der Waals surface area contributed by atoms with Gasteiger partial charge in [-0.2, -0.15) is 0 Å². The fourth-order valence-electron chi connectivity index (χ4n) is 2.16. The molecule has 0 radical (unpaired) electrons. The van der Waals surface area contributed by atoms with Crippen molar-refractivity contribution in [2.75, 3.05) is 20.1 Å². The third kappa shape index (κ3) is 3.84. The molecule has 0 aromatic carbocycles. The Morgan fingerprint density at radius 2 is 2.25 bits per heavy atom. The number of likely N-dealkylation sites (N-methyl/N-ethyl adjacent to an activating group) is 1. The number of hydrogen-bond acceptors (Lipinski definition) is 3. The number of nitrogens with one attached hydrogen (secondary N) is 1. The first-order valence-electron chi connectivity index (χ1n) is 5.73. The molecule has 1 rings (SSSR count). The maximum atomic E-state index is 11.4. The molecule has 0 aromatic heterocycles. The Morgan fingerprint density at radius 3 is 2.88 bits per heavy atom. The molecule has 2 atom stereocenters. The topological polar surface area (TPSA) is 52.6 Å². The van der Waals surface area contributed by atoms with Gasteiger partial charge in [0, 0.05) is 6.04 Å². The Hall–Kier alpha value is -1.05. The largest absolute Gasteiger partial charge is 0.391 e. The summed E-state index contributed by atoms with van der Waals surface area (Å²) in [4.78, 5) is 13.3. The Balaban J connectivity index is 2.35. The normalized spacial score (nSPS) is 25.1. The molecule has 16 heavy (non-hydrogen) atoms. The fraction of sp³-hybridized carbons (Fsp3) is 0.750.